The van der Waals surface area contributed by atoms with E-state index in [9.17, 15) is 9.50 Å². The van der Waals surface area contributed by atoms with E-state index < -0.39 is 17.8 Å². The number of hydrogen-bond donors (Lipinski definition) is 2. The number of rotatable bonds is 4. The van der Waals surface area contributed by atoms with Crippen LogP contribution in [0.25, 0.3) is 0 Å². The molecule has 0 heterocycles. The van der Waals surface area contributed by atoms with Crippen LogP contribution < -0.4 is 5.73 Å². The van der Waals surface area contributed by atoms with Gasteiger partial charge in [-0.2, -0.15) is 0 Å². The summed E-state index contributed by atoms with van der Waals surface area (Å²) in [5.41, 5.74) is 6.75. The normalized spacial score (nSPS) is 14.0. The summed E-state index contributed by atoms with van der Waals surface area (Å²) in [6.07, 6.45) is -1.01. The number of halogens is 4. The molecule has 6 heteroatoms. The predicted octanol–water partition coefficient (Wildman–Crippen LogP) is 4.67. The molecule has 0 saturated heterocycles. The first-order chi connectivity index (χ1) is 9.93. The lowest BCUT2D eigenvalue weighted by molar-refractivity contribution is 0.147. The Hall–Kier alpha value is -0.650. The molecule has 0 fully saturated rings. The lowest BCUT2D eigenvalue weighted by atomic mass is 9.89. The highest BCUT2D eigenvalue weighted by Crippen LogP contribution is 2.38. The van der Waals surface area contributed by atoms with Crippen molar-refractivity contribution in [3.05, 3.63) is 67.9 Å². The van der Waals surface area contributed by atoms with Crippen LogP contribution in [0.3, 0.4) is 0 Å². The molecule has 0 aliphatic heterocycles. The van der Waals surface area contributed by atoms with E-state index in [0.717, 1.165) is 0 Å². The maximum Gasteiger partial charge on any atom is 0.124 e. The van der Waals surface area contributed by atoms with E-state index in [0.29, 0.717) is 25.6 Å². The van der Waals surface area contributed by atoms with E-state index in [1.165, 1.54) is 12.1 Å². The molecule has 2 atom stereocenters. The summed E-state index contributed by atoms with van der Waals surface area (Å²) in [5, 5.41) is 11.4. The second-order valence-electron chi connectivity index (χ2n) is 4.63. The predicted molar refractivity (Wildman–Crippen MR) is 87.3 cm³/mol. The zero-order valence-electron chi connectivity index (χ0n) is 10.9. The monoisotopic (exact) mass is 391 g/mol. The summed E-state index contributed by atoms with van der Waals surface area (Å²) >= 11 is 15.5. The number of hydrogen-bond acceptors (Lipinski definition) is 2. The van der Waals surface area contributed by atoms with Crippen molar-refractivity contribution in [3.63, 3.8) is 0 Å². The number of nitrogens with two attached hydrogens (primary N) is 1. The lowest BCUT2D eigenvalue weighted by Gasteiger charge is -2.24. The maximum absolute atomic E-state index is 13.5. The van der Waals surface area contributed by atoms with Crippen LogP contribution in [0.1, 0.15) is 23.1 Å². The van der Waals surface area contributed by atoms with Gasteiger partial charge in [0.15, 0.2) is 0 Å². The van der Waals surface area contributed by atoms with Crippen molar-refractivity contribution in [2.45, 2.75) is 12.0 Å². The summed E-state index contributed by atoms with van der Waals surface area (Å²) in [4.78, 5) is 0. The van der Waals surface area contributed by atoms with E-state index in [1.54, 1.807) is 24.3 Å². The first-order valence-electron chi connectivity index (χ1n) is 6.22. The van der Waals surface area contributed by atoms with Gasteiger partial charge < -0.3 is 10.8 Å². The molecule has 21 heavy (non-hydrogen) atoms. The summed E-state index contributed by atoms with van der Waals surface area (Å²) < 4.78 is 14.0. The summed E-state index contributed by atoms with van der Waals surface area (Å²) in [6.45, 7) is 0.124. The molecular formula is C15H13BrCl2FNO. The lowest BCUT2D eigenvalue weighted by Crippen LogP contribution is -2.21. The fraction of sp³-hybridized carbons (Fsp3) is 0.200. The minimum Gasteiger partial charge on any atom is -0.388 e. The van der Waals surface area contributed by atoms with Crippen molar-refractivity contribution in [2.24, 2.45) is 5.73 Å². The third-order valence-electron chi connectivity index (χ3n) is 3.23. The molecule has 2 aromatic rings. The second-order valence-corrected chi connectivity index (χ2v) is 6.36. The zero-order valence-corrected chi connectivity index (χ0v) is 14.0. The van der Waals surface area contributed by atoms with Crippen LogP contribution in [0.4, 0.5) is 4.39 Å². The Kier molecular flexibility index (Phi) is 5.63. The van der Waals surface area contributed by atoms with Crippen LogP contribution >= 0.6 is 39.1 Å². The molecule has 2 nitrogen and oxygen atoms in total. The van der Waals surface area contributed by atoms with Crippen molar-refractivity contribution in [3.8, 4) is 0 Å². The van der Waals surface area contributed by atoms with Gasteiger partial charge in [0.25, 0.3) is 0 Å². The fourth-order valence-electron chi connectivity index (χ4n) is 2.25. The second kappa shape index (κ2) is 7.07. The molecule has 2 aromatic carbocycles. The fourth-order valence-corrected chi connectivity index (χ4v) is 3.41. The Morgan fingerprint density at radius 2 is 1.81 bits per heavy atom. The van der Waals surface area contributed by atoms with Crippen molar-refractivity contribution >= 4 is 39.1 Å². The third-order valence-corrected chi connectivity index (χ3v) is 4.35. The summed E-state index contributed by atoms with van der Waals surface area (Å²) in [7, 11) is 0. The van der Waals surface area contributed by atoms with Crippen molar-refractivity contribution in [1.82, 2.24) is 0 Å². The number of benzene rings is 2. The molecule has 0 aliphatic carbocycles. The molecule has 3 N–H and O–H groups in total. The minimum atomic E-state index is -1.01. The van der Waals surface area contributed by atoms with Gasteiger partial charge in [0.2, 0.25) is 0 Å². The molecule has 0 amide bonds. The van der Waals surface area contributed by atoms with Gasteiger partial charge in [-0.05, 0) is 41.5 Å². The first kappa shape index (κ1) is 16.7. The van der Waals surface area contributed by atoms with E-state index in [-0.39, 0.29) is 6.54 Å². The Morgan fingerprint density at radius 3 is 2.33 bits per heavy atom. The average Bonchev–Trinajstić information content (AvgIpc) is 2.41. The minimum absolute atomic E-state index is 0.124. The molecule has 0 saturated carbocycles. The Bertz CT molecular complexity index is 613. The molecule has 0 aliphatic rings. The smallest absolute Gasteiger partial charge is 0.124 e. The molecule has 2 unspecified atom stereocenters. The van der Waals surface area contributed by atoms with Crippen LogP contribution in [-0.2, 0) is 0 Å². The molecule has 0 spiro atoms. The van der Waals surface area contributed by atoms with Crippen LogP contribution in [0.5, 0.6) is 0 Å². The highest BCUT2D eigenvalue weighted by molar-refractivity contribution is 9.10. The van der Waals surface area contributed by atoms with Crippen molar-refractivity contribution in [2.75, 3.05) is 6.54 Å². The van der Waals surface area contributed by atoms with Crippen molar-refractivity contribution < 1.29 is 9.50 Å². The van der Waals surface area contributed by atoms with Gasteiger partial charge in [-0.25, -0.2) is 4.39 Å². The van der Waals surface area contributed by atoms with Crippen LogP contribution in [0, 0.1) is 5.82 Å². The molecular weight excluding hydrogens is 380 g/mol. The number of aliphatic hydroxyl groups excluding tert-OH is 1. The molecule has 2 rings (SSSR count). The molecule has 0 radical (unpaired) electrons. The molecule has 0 aromatic heterocycles. The van der Waals surface area contributed by atoms with E-state index >= 15 is 0 Å². The standard InChI is InChI=1S/C15H13BrCl2FNO/c16-9-4-8(5-10(19)6-9)15(21)11(7-20)14-12(17)2-1-3-13(14)18/h1-6,11,15,21H,7,20H2. The van der Waals surface area contributed by atoms with E-state index in [1.807, 2.05) is 0 Å². The average molecular weight is 393 g/mol. The van der Waals surface area contributed by atoms with Gasteiger partial charge in [-0.3, -0.25) is 0 Å². The largest absolute Gasteiger partial charge is 0.388 e. The van der Waals surface area contributed by atoms with Gasteiger partial charge >= 0.3 is 0 Å². The SMILES string of the molecule is NCC(c1c(Cl)cccc1Cl)C(O)c1cc(F)cc(Br)c1. The quantitative estimate of drug-likeness (QED) is 0.793. The molecule has 0 bridgehead atoms. The van der Waals surface area contributed by atoms with Gasteiger partial charge in [0, 0.05) is 27.0 Å². The Morgan fingerprint density at radius 1 is 1.19 bits per heavy atom. The summed E-state index contributed by atoms with van der Waals surface area (Å²) in [5.74, 6) is -0.973. The maximum atomic E-state index is 13.5. The van der Waals surface area contributed by atoms with Crippen LogP contribution in [-0.4, -0.2) is 11.7 Å². The summed E-state index contributed by atoms with van der Waals surface area (Å²) in [6, 6.07) is 9.30. The van der Waals surface area contributed by atoms with Crippen LogP contribution in [0.2, 0.25) is 10.0 Å². The topological polar surface area (TPSA) is 46.2 Å². The highest BCUT2D eigenvalue weighted by Gasteiger charge is 2.26. The van der Waals surface area contributed by atoms with Gasteiger partial charge in [-0.1, -0.05) is 45.2 Å². The van der Waals surface area contributed by atoms with Crippen molar-refractivity contribution in [1.29, 1.82) is 0 Å². The van der Waals surface area contributed by atoms with Gasteiger partial charge in [-0.15, -0.1) is 0 Å². The van der Waals surface area contributed by atoms with Gasteiger partial charge in [0.1, 0.15) is 5.82 Å². The van der Waals surface area contributed by atoms with E-state index in [2.05, 4.69) is 15.9 Å². The first-order valence-corrected chi connectivity index (χ1v) is 7.77. The van der Waals surface area contributed by atoms with E-state index in [4.69, 9.17) is 28.9 Å². The number of aliphatic hydroxyl groups is 1. The third kappa shape index (κ3) is 3.76. The van der Waals surface area contributed by atoms with Gasteiger partial charge in [0.05, 0.1) is 6.10 Å². The molecule has 112 valence electrons. The Balaban J connectivity index is 2.45. The Labute approximate surface area is 140 Å². The highest BCUT2D eigenvalue weighted by atomic mass is 79.9. The zero-order chi connectivity index (χ0) is 15.6. The van der Waals surface area contributed by atoms with Crippen LogP contribution in [0.15, 0.2) is 40.9 Å².